The molecule has 0 unspecified atom stereocenters. The third-order valence-electron chi connectivity index (χ3n) is 3.46. The number of amides is 1. The summed E-state index contributed by atoms with van der Waals surface area (Å²) in [5.74, 6) is 0.0668. The van der Waals surface area contributed by atoms with Gasteiger partial charge in [-0.3, -0.25) is 10.1 Å². The van der Waals surface area contributed by atoms with Crippen molar-refractivity contribution in [2.45, 2.75) is 6.92 Å². The summed E-state index contributed by atoms with van der Waals surface area (Å²) < 4.78 is 5.41. The van der Waals surface area contributed by atoms with E-state index in [0.29, 0.717) is 16.4 Å². The molecule has 6 heteroatoms. The molecular weight excluding hydrogens is 334 g/mol. The van der Waals surface area contributed by atoms with E-state index in [4.69, 9.17) is 10.00 Å². The zero-order valence-corrected chi connectivity index (χ0v) is 14.3. The van der Waals surface area contributed by atoms with Crippen molar-refractivity contribution in [1.29, 1.82) is 5.26 Å². The zero-order chi connectivity index (χ0) is 17.6. The van der Waals surface area contributed by atoms with Crippen LogP contribution in [0.25, 0.3) is 11.3 Å². The first-order chi connectivity index (χ1) is 12.2. The smallest absolute Gasteiger partial charge is 0.264 e. The predicted octanol–water partition coefficient (Wildman–Crippen LogP) is 4.01. The minimum absolute atomic E-state index is 0.182. The fourth-order valence-electron chi connectivity index (χ4n) is 2.17. The third kappa shape index (κ3) is 4.22. The number of aromatic nitrogens is 1. The molecule has 0 saturated carbocycles. The molecule has 0 aliphatic heterocycles. The van der Waals surface area contributed by atoms with Crippen LogP contribution in [-0.4, -0.2) is 17.5 Å². The highest BCUT2D eigenvalue weighted by Crippen LogP contribution is 2.25. The van der Waals surface area contributed by atoms with Crippen LogP contribution in [0.1, 0.15) is 11.1 Å². The highest BCUT2D eigenvalue weighted by atomic mass is 32.1. The van der Waals surface area contributed by atoms with Gasteiger partial charge in [-0.25, -0.2) is 4.98 Å². The lowest BCUT2D eigenvalue weighted by Crippen LogP contribution is -2.20. The molecular formula is C19H15N3O2S. The van der Waals surface area contributed by atoms with Crippen molar-refractivity contribution in [1.82, 2.24) is 4.98 Å². The van der Waals surface area contributed by atoms with E-state index in [-0.39, 0.29) is 12.5 Å². The quantitative estimate of drug-likeness (QED) is 0.755. The molecule has 124 valence electrons. The van der Waals surface area contributed by atoms with Crippen LogP contribution in [-0.2, 0) is 4.79 Å². The zero-order valence-electron chi connectivity index (χ0n) is 13.5. The molecule has 0 radical (unpaired) electrons. The van der Waals surface area contributed by atoms with Crippen LogP contribution in [0.3, 0.4) is 0 Å². The van der Waals surface area contributed by atoms with E-state index >= 15 is 0 Å². The number of hydrogen-bond acceptors (Lipinski definition) is 5. The van der Waals surface area contributed by atoms with Crippen molar-refractivity contribution in [3.05, 3.63) is 65.0 Å². The van der Waals surface area contributed by atoms with Crippen LogP contribution in [0.4, 0.5) is 5.13 Å². The van der Waals surface area contributed by atoms with Crippen LogP contribution >= 0.6 is 11.3 Å². The second-order valence-corrected chi connectivity index (χ2v) is 6.21. The minimum Gasteiger partial charge on any atom is -0.482 e. The van der Waals surface area contributed by atoms with Crippen LogP contribution < -0.4 is 10.1 Å². The summed E-state index contributed by atoms with van der Waals surface area (Å²) >= 11 is 1.36. The number of hydrogen-bond donors (Lipinski definition) is 1. The number of nitrogens with one attached hydrogen (secondary N) is 1. The highest BCUT2D eigenvalue weighted by Gasteiger charge is 2.10. The monoisotopic (exact) mass is 349 g/mol. The van der Waals surface area contributed by atoms with Gasteiger partial charge in [0.15, 0.2) is 11.7 Å². The summed E-state index contributed by atoms with van der Waals surface area (Å²) in [5, 5.41) is 14.1. The Morgan fingerprint density at radius 3 is 2.76 bits per heavy atom. The van der Waals surface area contributed by atoms with Crippen molar-refractivity contribution in [3.63, 3.8) is 0 Å². The summed E-state index contributed by atoms with van der Waals surface area (Å²) in [6.45, 7) is 1.85. The van der Waals surface area contributed by atoms with Crippen LogP contribution in [0.2, 0.25) is 0 Å². The maximum absolute atomic E-state index is 12.0. The molecule has 1 amide bonds. The first-order valence-corrected chi connectivity index (χ1v) is 8.48. The number of para-hydroxylation sites is 1. The third-order valence-corrected chi connectivity index (χ3v) is 4.22. The van der Waals surface area contributed by atoms with Crippen molar-refractivity contribution in [2.24, 2.45) is 0 Å². The highest BCUT2D eigenvalue weighted by molar-refractivity contribution is 7.14. The molecule has 3 aromatic rings. The minimum atomic E-state index is -0.322. The predicted molar refractivity (Wildman–Crippen MR) is 97.6 cm³/mol. The number of rotatable bonds is 5. The summed E-state index contributed by atoms with van der Waals surface area (Å²) in [6, 6.07) is 16.9. The number of thiazole rings is 1. The fourth-order valence-corrected chi connectivity index (χ4v) is 2.91. The molecule has 25 heavy (non-hydrogen) atoms. The number of aryl methyl sites for hydroxylation is 1. The van der Waals surface area contributed by atoms with Crippen LogP contribution in [0, 0.1) is 18.3 Å². The van der Waals surface area contributed by atoms with E-state index < -0.39 is 0 Å². The molecule has 0 atom stereocenters. The number of carbonyl (C=O) groups excluding carboxylic acids is 1. The van der Waals surface area contributed by atoms with Gasteiger partial charge >= 0.3 is 0 Å². The Kier molecular flexibility index (Phi) is 5.07. The van der Waals surface area contributed by atoms with Gasteiger partial charge in [-0.1, -0.05) is 42.0 Å². The van der Waals surface area contributed by atoms with Gasteiger partial charge in [0.2, 0.25) is 0 Å². The molecule has 0 fully saturated rings. The van der Waals surface area contributed by atoms with Crippen molar-refractivity contribution >= 4 is 22.4 Å². The van der Waals surface area contributed by atoms with E-state index in [1.54, 1.807) is 24.3 Å². The molecule has 0 bridgehead atoms. The van der Waals surface area contributed by atoms with E-state index in [1.807, 2.05) is 42.6 Å². The Hall–Kier alpha value is -3.17. The van der Waals surface area contributed by atoms with Gasteiger partial charge in [-0.05, 0) is 19.1 Å². The summed E-state index contributed by atoms with van der Waals surface area (Å²) in [4.78, 5) is 16.4. The van der Waals surface area contributed by atoms with Gasteiger partial charge in [-0.2, -0.15) is 5.26 Å². The van der Waals surface area contributed by atoms with Gasteiger partial charge in [0.05, 0.1) is 11.3 Å². The van der Waals surface area contributed by atoms with Gasteiger partial charge in [0, 0.05) is 10.9 Å². The van der Waals surface area contributed by atoms with Crippen molar-refractivity contribution in [2.75, 3.05) is 11.9 Å². The van der Waals surface area contributed by atoms with Gasteiger partial charge in [0.25, 0.3) is 5.91 Å². The summed E-state index contributed by atoms with van der Waals surface area (Å²) in [5.41, 5.74) is 3.39. The van der Waals surface area contributed by atoms with E-state index in [2.05, 4.69) is 10.3 Å². The lowest BCUT2D eigenvalue weighted by atomic mass is 10.1. The van der Waals surface area contributed by atoms with Gasteiger partial charge in [0.1, 0.15) is 11.8 Å². The first-order valence-electron chi connectivity index (χ1n) is 7.60. The summed E-state index contributed by atoms with van der Waals surface area (Å²) in [7, 11) is 0. The summed E-state index contributed by atoms with van der Waals surface area (Å²) in [6.07, 6.45) is 0. The van der Waals surface area contributed by atoms with Crippen LogP contribution in [0.15, 0.2) is 53.9 Å². The molecule has 3 rings (SSSR count). The molecule has 2 aromatic carbocycles. The lowest BCUT2D eigenvalue weighted by Gasteiger charge is -2.06. The van der Waals surface area contributed by atoms with E-state index in [0.717, 1.165) is 11.3 Å². The normalized spacial score (nSPS) is 10.1. The molecule has 0 saturated heterocycles. The molecule has 0 aliphatic rings. The number of benzene rings is 2. The average Bonchev–Trinajstić information content (AvgIpc) is 3.09. The van der Waals surface area contributed by atoms with Crippen LogP contribution in [0.5, 0.6) is 5.75 Å². The Morgan fingerprint density at radius 1 is 1.24 bits per heavy atom. The second-order valence-electron chi connectivity index (χ2n) is 5.35. The lowest BCUT2D eigenvalue weighted by molar-refractivity contribution is -0.118. The second kappa shape index (κ2) is 7.60. The topological polar surface area (TPSA) is 75.0 Å². The number of nitrogens with zero attached hydrogens (tertiary/aromatic N) is 2. The Labute approximate surface area is 149 Å². The van der Waals surface area contributed by atoms with E-state index in [1.165, 1.54) is 16.9 Å². The van der Waals surface area contributed by atoms with Crippen molar-refractivity contribution < 1.29 is 9.53 Å². The number of nitriles is 1. The molecule has 1 heterocycles. The van der Waals surface area contributed by atoms with E-state index in [9.17, 15) is 4.79 Å². The Morgan fingerprint density at radius 2 is 2.00 bits per heavy atom. The molecule has 1 aromatic heterocycles. The molecule has 0 aliphatic carbocycles. The van der Waals surface area contributed by atoms with Gasteiger partial charge in [-0.15, -0.1) is 11.3 Å². The molecule has 0 spiro atoms. The maximum atomic E-state index is 12.0. The SMILES string of the molecule is Cc1ccc(-c2csc(NC(=O)COc3ccccc3C#N)n2)cc1. The largest absolute Gasteiger partial charge is 0.482 e. The number of ether oxygens (including phenoxy) is 1. The maximum Gasteiger partial charge on any atom is 0.264 e. The standard InChI is InChI=1S/C19H15N3O2S/c1-13-6-8-14(9-7-13)16-12-25-19(21-16)22-18(23)11-24-17-5-3-2-4-15(17)10-20/h2-9,12H,11H2,1H3,(H,21,22,23). The molecule has 5 nitrogen and oxygen atoms in total. The number of carbonyl (C=O) groups is 1. The van der Waals surface area contributed by atoms with Gasteiger partial charge < -0.3 is 4.74 Å². The Balaban J connectivity index is 1.60. The number of anilines is 1. The fraction of sp³-hybridized carbons (Fsp3) is 0.105. The molecule has 1 N–H and O–H groups in total. The Bertz CT molecular complexity index is 926. The average molecular weight is 349 g/mol. The van der Waals surface area contributed by atoms with Crippen molar-refractivity contribution in [3.8, 4) is 23.1 Å². The first kappa shape index (κ1) is 16.7.